The Kier molecular flexibility index (Phi) is 2.64. The van der Waals surface area contributed by atoms with E-state index in [4.69, 9.17) is 10.2 Å². The van der Waals surface area contributed by atoms with Crippen LogP contribution in [0, 0.1) is 6.92 Å². The maximum atomic E-state index is 12.3. The van der Waals surface area contributed by atoms with Gasteiger partial charge in [-0.05, 0) is 18.2 Å². The molecule has 104 valence electrons. The van der Waals surface area contributed by atoms with Gasteiger partial charge in [-0.2, -0.15) is 0 Å². The second kappa shape index (κ2) is 4.23. The molecule has 0 aliphatic carbocycles. The number of nitrogens with zero attached hydrogens (tertiary/aromatic N) is 2. The lowest BCUT2D eigenvalue weighted by Gasteiger charge is -2.02. The Balaban J connectivity index is 2.07. The van der Waals surface area contributed by atoms with Crippen LogP contribution in [0.3, 0.4) is 0 Å². The zero-order chi connectivity index (χ0) is 14.3. The number of rotatable bonds is 3. The van der Waals surface area contributed by atoms with Crippen molar-refractivity contribution in [3.63, 3.8) is 0 Å². The highest BCUT2D eigenvalue weighted by molar-refractivity contribution is 7.93. The highest BCUT2D eigenvalue weighted by atomic mass is 32.2. The third kappa shape index (κ3) is 2.07. The van der Waals surface area contributed by atoms with E-state index in [1.807, 2.05) is 0 Å². The Labute approximate surface area is 114 Å². The Hall–Kier alpha value is -2.55. The molecule has 0 bridgehead atoms. The van der Waals surface area contributed by atoms with Gasteiger partial charge >= 0.3 is 6.01 Å². The van der Waals surface area contributed by atoms with E-state index in [1.165, 1.54) is 6.20 Å². The molecular formula is C11H11N5O3S. The molecule has 20 heavy (non-hydrogen) atoms. The average molecular weight is 293 g/mol. The molecule has 0 atom stereocenters. The van der Waals surface area contributed by atoms with Crippen molar-refractivity contribution >= 4 is 32.6 Å². The summed E-state index contributed by atoms with van der Waals surface area (Å²) in [6, 6.07) is 4.80. The normalized spacial score (nSPS) is 11.8. The second-order valence-electron chi connectivity index (χ2n) is 4.19. The minimum atomic E-state index is -3.83. The first-order valence-corrected chi connectivity index (χ1v) is 7.13. The Morgan fingerprint density at radius 3 is 2.85 bits per heavy atom. The molecule has 8 nitrogen and oxygen atoms in total. The maximum absolute atomic E-state index is 12.3. The third-order valence-corrected chi connectivity index (χ3v) is 4.07. The van der Waals surface area contributed by atoms with E-state index in [2.05, 4.69) is 19.9 Å². The first kappa shape index (κ1) is 12.5. The number of aromatic amines is 1. The van der Waals surface area contributed by atoms with Crippen LogP contribution in [0.15, 0.2) is 33.7 Å². The molecule has 4 N–H and O–H groups in total. The van der Waals surface area contributed by atoms with E-state index in [0.717, 1.165) is 0 Å². The van der Waals surface area contributed by atoms with Gasteiger partial charge in [-0.15, -0.1) is 5.10 Å². The van der Waals surface area contributed by atoms with Crippen molar-refractivity contribution in [1.82, 2.24) is 15.2 Å². The van der Waals surface area contributed by atoms with Crippen LogP contribution in [0.2, 0.25) is 0 Å². The first-order chi connectivity index (χ1) is 9.45. The number of nitrogens with one attached hydrogen (secondary N) is 2. The number of aromatic nitrogens is 3. The quantitative estimate of drug-likeness (QED) is 0.623. The molecule has 0 fully saturated rings. The smallest absolute Gasteiger partial charge is 0.329 e. The van der Waals surface area contributed by atoms with Crippen LogP contribution in [-0.2, 0) is 10.0 Å². The van der Waals surface area contributed by atoms with Gasteiger partial charge in [0.05, 0.1) is 0 Å². The number of fused-ring (bicyclic) bond motifs is 1. The van der Waals surface area contributed by atoms with Gasteiger partial charge in [0.15, 0.2) is 0 Å². The van der Waals surface area contributed by atoms with E-state index >= 15 is 0 Å². The number of hydrogen-bond donors (Lipinski definition) is 3. The Morgan fingerprint density at radius 2 is 2.15 bits per heavy atom. The molecular weight excluding hydrogens is 282 g/mol. The summed E-state index contributed by atoms with van der Waals surface area (Å²) in [4.78, 5) is 2.94. The SMILES string of the molecule is Cc1nnc(NS(=O)(=O)c2c[nH]c3ccc(N)cc23)o1. The first-order valence-electron chi connectivity index (χ1n) is 5.65. The zero-order valence-corrected chi connectivity index (χ0v) is 11.2. The number of sulfonamides is 1. The summed E-state index contributed by atoms with van der Waals surface area (Å²) in [6.07, 6.45) is 1.38. The van der Waals surface area contributed by atoms with Crippen LogP contribution < -0.4 is 10.5 Å². The van der Waals surface area contributed by atoms with Crippen LogP contribution >= 0.6 is 0 Å². The van der Waals surface area contributed by atoms with E-state index in [9.17, 15) is 8.42 Å². The monoisotopic (exact) mass is 293 g/mol. The van der Waals surface area contributed by atoms with Gasteiger partial charge in [0.25, 0.3) is 10.0 Å². The molecule has 2 heterocycles. The van der Waals surface area contributed by atoms with Crippen LogP contribution in [0.1, 0.15) is 5.89 Å². The van der Waals surface area contributed by atoms with E-state index < -0.39 is 10.0 Å². The highest BCUT2D eigenvalue weighted by Crippen LogP contribution is 2.26. The standard InChI is InChI=1S/C11H11N5O3S/c1-6-14-15-11(19-6)16-20(17,18)10-5-13-9-3-2-7(12)4-8(9)10/h2-5,13H,12H2,1H3,(H,15,16). The second-order valence-corrected chi connectivity index (χ2v) is 5.84. The molecule has 0 amide bonds. The summed E-state index contributed by atoms with van der Waals surface area (Å²) in [5.74, 6) is 0.269. The van der Waals surface area contributed by atoms with Crippen LogP contribution in [0.5, 0.6) is 0 Å². The molecule has 0 aliphatic rings. The number of H-pyrrole nitrogens is 1. The summed E-state index contributed by atoms with van der Waals surface area (Å²) >= 11 is 0. The van der Waals surface area contributed by atoms with E-state index in [0.29, 0.717) is 16.6 Å². The number of aryl methyl sites for hydroxylation is 1. The van der Waals surface area contributed by atoms with Crippen molar-refractivity contribution in [3.8, 4) is 0 Å². The minimum absolute atomic E-state index is 0.0654. The summed E-state index contributed by atoms with van der Waals surface area (Å²) in [5, 5.41) is 7.65. The van der Waals surface area contributed by atoms with Gasteiger partial charge in [0, 0.05) is 29.7 Å². The largest absolute Gasteiger partial charge is 0.408 e. The molecule has 0 aliphatic heterocycles. The van der Waals surface area contributed by atoms with Crippen molar-refractivity contribution in [2.24, 2.45) is 0 Å². The van der Waals surface area contributed by atoms with Crippen LogP contribution in [0.25, 0.3) is 10.9 Å². The fourth-order valence-corrected chi connectivity index (χ4v) is 2.94. The van der Waals surface area contributed by atoms with Gasteiger partial charge < -0.3 is 15.1 Å². The Morgan fingerprint density at radius 1 is 1.35 bits per heavy atom. The lowest BCUT2D eigenvalue weighted by atomic mass is 10.2. The van der Waals surface area contributed by atoms with Crippen molar-refractivity contribution in [2.45, 2.75) is 11.8 Å². The molecule has 0 unspecified atom stereocenters. The maximum Gasteiger partial charge on any atom is 0.329 e. The third-order valence-electron chi connectivity index (χ3n) is 2.71. The number of nitrogens with two attached hydrogens (primary N) is 1. The summed E-state index contributed by atoms with van der Waals surface area (Å²) in [6.45, 7) is 1.57. The lowest BCUT2D eigenvalue weighted by Crippen LogP contribution is -2.12. The topological polar surface area (TPSA) is 127 Å². The number of benzene rings is 1. The van der Waals surface area contributed by atoms with Crippen molar-refractivity contribution in [1.29, 1.82) is 0 Å². The molecule has 3 aromatic rings. The molecule has 0 saturated heterocycles. The fourth-order valence-electron chi connectivity index (χ4n) is 1.84. The molecule has 3 rings (SSSR count). The van der Waals surface area contributed by atoms with E-state index in [-0.39, 0.29) is 16.8 Å². The van der Waals surface area contributed by atoms with E-state index in [1.54, 1.807) is 25.1 Å². The predicted octanol–water partition coefficient (Wildman–Crippen LogP) is 1.24. The van der Waals surface area contributed by atoms with Gasteiger partial charge in [-0.25, -0.2) is 13.1 Å². The van der Waals surface area contributed by atoms with Crippen molar-refractivity contribution in [3.05, 3.63) is 30.3 Å². The van der Waals surface area contributed by atoms with Crippen LogP contribution in [0.4, 0.5) is 11.7 Å². The highest BCUT2D eigenvalue weighted by Gasteiger charge is 2.21. The molecule has 1 aromatic carbocycles. The van der Waals surface area contributed by atoms with Crippen molar-refractivity contribution in [2.75, 3.05) is 10.5 Å². The molecule has 0 spiro atoms. The van der Waals surface area contributed by atoms with Gasteiger partial charge in [0.2, 0.25) is 5.89 Å². The Bertz CT molecular complexity index is 880. The van der Waals surface area contributed by atoms with Gasteiger partial charge in [-0.1, -0.05) is 5.10 Å². The molecule has 0 radical (unpaired) electrons. The summed E-state index contributed by atoms with van der Waals surface area (Å²) in [7, 11) is -3.83. The summed E-state index contributed by atoms with van der Waals surface area (Å²) in [5.41, 5.74) is 6.82. The molecule has 0 saturated carbocycles. The van der Waals surface area contributed by atoms with Crippen molar-refractivity contribution < 1.29 is 12.8 Å². The number of nitrogen functional groups attached to an aromatic ring is 1. The summed E-state index contributed by atoms with van der Waals surface area (Å²) < 4.78 is 31.8. The minimum Gasteiger partial charge on any atom is -0.408 e. The number of anilines is 2. The predicted molar refractivity (Wildman–Crippen MR) is 72.6 cm³/mol. The lowest BCUT2D eigenvalue weighted by molar-refractivity contribution is 0.534. The van der Waals surface area contributed by atoms with Gasteiger partial charge in [-0.3, -0.25) is 0 Å². The number of hydrogen-bond acceptors (Lipinski definition) is 6. The molecule has 9 heteroatoms. The van der Waals surface area contributed by atoms with Gasteiger partial charge in [0.1, 0.15) is 4.90 Å². The van der Waals surface area contributed by atoms with Crippen LogP contribution in [-0.4, -0.2) is 23.6 Å². The fraction of sp³-hybridized carbons (Fsp3) is 0.0909. The average Bonchev–Trinajstić information content (AvgIpc) is 2.95. The molecule has 2 aromatic heterocycles. The zero-order valence-electron chi connectivity index (χ0n) is 10.4.